The smallest absolute Gasteiger partial charge is 0.341 e. The summed E-state index contributed by atoms with van der Waals surface area (Å²) in [6.07, 6.45) is 4.26. The number of fused-ring (bicyclic) bond motifs is 1. The highest BCUT2D eigenvalue weighted by Crippen LogP contribution is 2.45. The number of nitrogens with one attached hydrogen (secondary N) is 5. The average Bonchev–Trinajstić information content (AvgIpc) is 3.81. The zero-order valence-corrected chi connectivity index (χ0v) is 38.7. The number of unbranched alkanes of at least 4 members (excludes halogenated alkanes) is 2. The number of carboxylic acid groups (broad SMARTS) is 1. The van der Waals surface area contributed by atoms with E-state index in [0.29, 0.717) is 96.5 Å². The van der Waals surface area contributed by atoms with Gasteiger partial charge in [-0.2, -0.15) is 0 Å². The molecule has 1 atom stereocenters. The number of hydrogen-bond acceptors (Lipinski definition) is 13. The minimum atomic E-state index is -3.67. The van der Waals surface area contributed by atoms with Crippen LogP contribution >= 0.6 is 22.9 Å². The number of carbonyl (C=O) groups excluding carboxylic acids is 6. The maximum absolute atomic E-state index is 13.5. The van der Waals surface area contributed by atoms with E-state index in [1.54, 1.807) is 42.5 Å². The Morgan fingerprint density at radius 2 is 1.70 bits per heavy atom. The zero-order chi connectivity index (χ0) is 47.7. The molecule has 67 heavy (non-hydrogen) atoms. The predicted molar refractivity (Wildman–Crippen MR) is 252 cm³/mol. The zero-order valence-electron chi connectivity index (χ0n) is 36.3. The first kappa shape index (κ1) is 48.6. The standard InChI is InChI=1S/C46H50ClN7O11S2/c47-42-43(65-26-41(59)60)37(25-55)66-44(42)29-8-5-10-32(22-29)50-30-16-19-53(20-17-30)67(63,64)27-28-7-4-9-31(21-28)51-38(56)13-2-1-3-18-48-40(58)23-49-35-12-6-11-33-34(35)24-54(46(33)62)36-14-15-39(57)52-45(36)61/h4-12,21-22,25,30,36,49-50H,1-3,13-20,23-24,26-27H2,(H,48,58)(H,51,56)(H,59,60)(H,52,57,61). The fourth-order valence-corrected chi connectivity index (χ4v) is 11.2. The van der Waals surface area contributed by atoms with Gasteiger partial charge in [0.2, 0.25) is 33.7 Å². The van der Waals surface area contributed by atoms with Crippen molar-refractivity contribution in [2.24, 2.45) is 0 Å². The summed E-state index contributed by atoms with van der Waals surface area (Å²) in [4.78, 5) is 87.3. The van der Waals surface area contributed by atoms with Crippen LogP contribution in [0.25, 0.3) is 10.4 Å². The number of aldehydes is 1. The minimum Gasteiger partial charge on any atom is -0.479 e. The average molecular weight is 977 g/mol. The van der Waals surface area contributed by atoms with Crippen LogP contribution in [0.15, 0.2) is 66.7 Å². The highest BCUT2D eigenvalue weighted by Gasteiger charge is 2.40. The Bertz CT molecular complexity index is 2670. The third-order valence-corrected chi connectivity index (χ3v) is 15.1. The lowest BCUT2D eigenvalue weighted by Crippen LogP contribution is -2.52. The number of hydrogen-bond donors (Lipinski definition) is 6. The third-order valence-electron chi connectivity index (χ3n) is 11.6. The second-order valence-electron chi connectivity index (χ2n) is 16.4. The molecule has 1 unspecified atom stereocenters. The van der Waals surface area contributed by atoms with Gasteiger partial charge in [-0.15, -0.1) is 11.3 Å². The fourth-order valence-electron chi connectivity index (χ4n) is 8.28. The van der Waals surface area contributed by atoms with Crippen LogP contribution in [0.2, 0.25) is 5.02 Å². The number of sulfonamides is 1. The molecule has 3 aliphatic rings. The number of nitrogens with zero attached hydrogens (tertiary/aromatic N) is 2. The van der Waals surface area contributed by atoms with E-state index in [4.69, 9.17) is 21.4 Å². The largest absolute Gasteiger partial charge is 0.479 e. The molecule has 2 saturated heterocycles. The first-order valence-electron chi connectivity index (χ1n) is 21.8. The minimum absolute atomic E-state index is 0.0134. The van der Waals surface area contributed by atoms with Gasteiger partial charge in [0.15, 0.2) is 18.6 Å². The van der Waals surface area contributed by atoms with Gasteiger partial charge < -0.3 is 36.0 Å². The number of ether oxygens (including phenoxy) is 1. The number of benzene rings is 3. The molecule has 5 amide bonds. The van der Waals surface area contributed by atoms with E-state index < -0.39 is 34.5 Å². The van der Waals surface area contributed by atoms with Crippen LogP contribution in [0.4, 0.5) is 17.1 Å². The third kappa shape index (κ3) is 12.4. The summed E-state index contributed by atoms with van der Waals surface area (Å²) in [5.41, 5.74) is 4.27. The molecule has 0 aliphatic carbocycles. The molecule has 0 bridgehead atoms. The number of halogens is 1. The van der Waals surface area contributed by atoms with Crippen molar-refractivity contribution in [2.45, 2.75) is 75.7 Å². The van der Waals surface area contributed by atoms with Crippen molar-refractivity contribution in [1.82, 2.24) is 19.8 Å². The van der Waals surface area contributed by atoms with Crippen LogP contribution in [0.1, 0.15) is 82.5 Å². The summed E-state index contributed by atoms with van der Waals surface area (Å²) >= 11 is 7.61. The van der Waals surface area contributed by atoms with Crippen molar-refractivity contribution >= 4 is 91.8 Å². The van der Waals surface area contributed by atoms with Crippen LogP contribution in [0.3, 0.4) is 0 Å². The summed E-state index contributed by atoms with van der Waals surface area (Å²) in [6, 6.07) is 18.6. The highest BCUT2D eigenvalue weighted by molar-refractivity contribution is 7.88. The Labute approximate surface area is 395 Å². The summed E-state index contributed by atoms with van der Waals surface area (Å²) in [5.74, 6) is -2.99. The summed E-state index contributed by atoms with van der Waals surface area (Å²) < 4.78 is 33.8. The lowest BCUT2D eigenvalue weighted by molar-refractivity contribution is -0.139. The summed E-state index contributed by atoms with van der Waals surface area (Å²) in [6.45, 7) is 0.549. The van der Waals surface area contributed by atoms with E-state index in [1.807, 2.05) is 24.3 Å². The molecule has 0 saturated carbocycles. The number of thiophene rings is 1. The van der Waals surface area contributed by atoms with E-state index in [0.717, 1.165) is 17.0 Å². The molecule has 2 fully saturated rings. The molecule has 354 valence electrons. The van der Waals surface area contributed by atoms with Crippen molar-refractivity contribution in [3.8, 4) is 16.2 Å². The van der Waals surface area contributed by atoms with Crippen LogP contribution < -0.4 is 31.3 Å². The molecular formula is C46H50ClN7O11S2. The lowest BCUT2D eigenvalue weighted by Gasteiger charge is -2.32. The van der Waals surface area contributed by atoms with Gasteiger partial charge in [-0.25, -0.2) is 17.5 Å². The maximum atomic E-state index is 13.5. The quantitative estimate of drug-likeness (QED) is 0.0356. The highest BCUT2D eigenvalue weighted by atomic mass is 35.5. The Balaban J connectivity index is 0.791. The SMILES string of the molecule is O=Cc1sc(-c2cccc(NC3CCN(S(=O)(=O)Cc4cccc(NC(=O)CCCCCNC(=O)CNc5cccc6c5CN(C5CCC(=O)NC5=O)C6=O)c4)CC3)c2)c(Cl)c1OCC(=O)O. The Kier molecular flexibility index (Phi) is 15.9. The molecule has 18 nitrogen and oxygen atoms in total. The van der Waals surface area contributed by atoms with Crippen molar-refractivity contribution in [3.63, 3.8) is 0 Å². The topological polar surface area (TPSA) is 250 Å². The van der Waals surface area contributed by atoms with Crippen molar-refractivity contribution < 1.29 is 51.8 Å². The van der Waals surface area contributed by atoms with Gasteiger partial charge in [0.25, 0.3) is 5.91 Å². The van der Waals surface area contributed by atoms with Gasteiger partial charge in [0.05, 0.1) is 17.2 Å². The molecule has 3 aromatic carbocycles. The summed E-state index contributed by atoms with van der Waals surface area (Å²) in [5, 5.41) is 23.7. The van der Waals surface area contributed by atoms with Gasteiger partial charge in [0.1, 0.15) is 15.9 Å². The predicted octanol–water partition coefficient (Wildman–Crippen LogP) is 5.24. The van der Waals surface area contributed by atoms with Gasteiger partial charge in [-0.05, 0) is 79.6 Å². The Hall–Kier alpha value is -6.35. The van der Waals surface area contributed by atoms with Gasteiger partial charge in [-0.1, -0.05) is 48.4 Å². The van der Waals surface area contributed by atoms with Crippen molar-refractivity contribution in [1.29, 1.82) is 0 Å². The van der Waals surface area contributed by atoms with Crippen molar-refractivity contribution in [3.05, 3.63) is 93.3 Å². The van der Waals surface area contributed by atoms with Crippen LogP contribution in [-0.2, 0) is 46.3 Å². The molecule has 7 rings (SSSR count). The molecule has 4 heterocycles. The Morgan fingerprint density at radius 3 is 2.46 bits per heavy atom. The van der Waals surface area contributed by atoms with Gasteiger partial charge in [0, 0.05) is 73.3 Å². The number of anilines is 3. The Morgan fingerprint density at radius 1 is 0.940 bits per heavy atom. The number of piperidine rings is 2. The van der Waals surface area contributed by atoms with Gasteiger partial charge in [-0.3, -0.25) is 34.1 Å². The summed E-state index contributed by atoms with van der Waals surface area (Å²) in [7, 11) is -3.67. The molecule has 3 aliphatic heterocycles. The molecule has 0 spiro atoms. The first-order chi connectivity index (χ1) is 32.2. The van der Waals surface area contributed by atoms with E-state index in [-0.39, 0.29) is 83.4 Å². The molecule has 0 radical (unpaired) electrons. The van der Waals surface area contributed by atoms with Crippen LogP contribution in [0, 0.1) is 0 Å². The monoisotopic (exact) mass is 975 g/mol. The second-order valence-corrected chi connectivity index (χ2v) is 19.8. The van der Waals surface area contributed by atoms with Gasteiger partial charge >= 0.3 is 5.97 Å². The normalized spacial score (nSPS) is 16.5. The van der Waals surface area contributed by atoms with E-state index >= 15 is 0 Å². The number of carboxylic acids is 1. The maximum Gasteiger partial charge on any atom is 0.341 e. The van der Waals surface area contributed by atoms with E-state index in [9.17, 15) is 42.0 Å². The fraction of sp³-hybridized carbons (Fsp3) is 0.370. The number of aliphatic carboxylic acids is 1. The van der Waals surface area contributed by atoms with E-state index in [2.05, 4.69) is 26.6 Å². The number of carbonyl (C=O) groups is 7. The molecule has 1 aromatic heterocycles. The molecule has 21 heteroatoms. The second kappa shape index (κ2) is 22.0. The van der Waals surface area contributed by atoms with Crippen LogP contribution in [-0.4, -0.2) is 109 Å². The van der Waals surface area contributed by atoms with Crippen LogP contribution in [0.5, 0.6) is 5.75 Å². The van der Waals surface area contributed by atoms with E-state index in [1.165, 1.54) is 9.21 Å². The number of rotatable bonds is 21. The first-order valence-corrected chi connectivity index (χ1v) is 24.6. The molecular weight excluding hydrogens is 926 g/mol. The number of imide groups is 1. The lowest BCUT2D eigenvalue weighted by atomic mass is 10.0. The van der Waals surface area contributed by atoms with Crippen molar-refractivity contribution in [2.75, 3.05) is 48.7 Å². The molecule has 4 aromatic rings. The number of amides is 5. The molecule has 6 N–H and O–H groups in total.